The molecule has 4 aliphatic rings. The van der Waals surface area contributed by atoms with E-state index < -0.39 is 17.9 Å². The number of pyridine rings is 1. The van der Waals surface area contributed by atoms with Gasteiger partial charge in [-0.05, 0) is 101 Å². The molecule has 2 saturated heterocycles. The molecule has 2 aromatic carbocycles. The first-order valence-electron chi connectivity index (χ1n) is 19.8. The van der Waals surface area contributed by atoms with E-state index in [1.54, 1.807) is 29.0 Å². The Morgan fingerprint density at radius 1 is 0.982 bits per heavy atom. The Morgan fingerprint density at radius 3 is 2.47 bits per heavy atom. The highest BCUT2D eigenvalue weighted by atomic mass is 16.5. The van der Waals surface area contributed by atoms with Crippen LogP contribution in [0, 0.1) is 5.92 Å². The molecule has 290 valence electrons. The topological polar surface area (TPSA) is 151 Å². The van der Waals surface area contributed by atoms with Crippen molar-refractivity contribution in [3.8, 4) is 11.5 Å². The summed E-state index contributed by atoms with van der Waals surface area (Å²) in [6.45, 7) is 7.15. The molecule has 8 rings (SSSR count). The van der Waals surface area contributed by atoms with Gasteiger partial charge in [0.05, 0.1) is 36.4 Å². The lowest BCUT2D eigenvalue weighted by Crippen LogP contribution is -2.52. The first-order valence-corrected chi connectivity index (χ1v) is 19.8. The van der Waals surface area contributed by atoms with Gasteiger partial charge in [0.15, 0.2) is 6.10 Å². The molecular weight excluding hydrogens is 700 g/mol. The van der Waals surface area contributed by atoms with Crippen LogP contribution in [-0.2, 0) is 20.7 Å². The van der Waals surface area contributed by atoms with E-state index in [0.29, 0.717) is 35.6 Å². The average molecular weight is 751 g/mol. The molecule has 13 heteroatoms. The van der Waals surface area contributed by atoms with E-state index in [-0.39, 0.29) is 48.2 Å². The number of piperidine rings is 1. The van der Waals surface area contributed by atoms with Crippen molar-refractivity contribution in [2.45, 2.75) is 102 Å². The number of benzene rings is 2. The highest BCUT2D eigenvalue weighted by Crippen LogP contribution is 2.36. The van der Waals surface area contributed by atoms with Gasteiger partial charge in [-0.25, -0.2) is 4.90 Å². The average Bonchev–Trinajstić information content (AvgIpc) is 3.93. The molecule has 55 heavy (non-hydrogen) atoms. The number of rotatable bonds is 12. The van der Waals surface area contributed by atoms with Gasteiger partial charge in [0.1, 0.15) is 17.2 Å². The molecule has 4 fully saturated rings. The van der Waals surface area contributed by atoms with Crippen molar-refractivity contribution in [2.75, 3.05) is 31.2 Å². The van der Waals surface area contributed by atoms with Crippen molar-refractivity contribution in [2.24, 2.45) is 11.7 Å². The fraction of sp³-hybridized carbons (Fsp3) is 0.500. The minimum Gasteiger partial charge on any atom is -0.490 e. The number of imide groups is 1. The third kappa shape index (κ3) is 8.04. The van der Waals surface area contributed by atoms with Crippen molar-refractivity contribution in [1.82, 2.24) is 19.2 Å². The van der Waals surface area contributed by atoms with Gasteiger partial charge in [-0.15, -0.1) is 0 Å². The molecule has 2 aliphatic heterocycles. The quantitative estimate of drug-likeness (QED) is 0.193. The number of nitrogens with zero attached hydrogens (tertiary/aromatic N) is 5. The van der Waals surface area contributed by atoms with Crippen LogP contribution in [-0.4, -0.2) is 81.5 Å². The normalized spacial score (nSPS) is 23.7. The Kier molecular flexibility index (Phi) is 10.5. The summed E-state index contributed by atoms with van der Waals surface area (Å²) in [6, 6.07) is 15.4. The number of carbonyl (C=O) groups excluding carboxylic acids is 3. The largest absolute Gasteiger partial charge is 0.490 e. The SMILES string of the molecule is CC(C)Oc1cc2nn(C3CCC(CN4CCOC[C@@H]4Cc4ccc(O[C@H]5CCC(=O)N(c6cccn(C7CC7)c6=O)C5=O)cc4)CC3)cc2cc1C(N)=O. The summed E-state index contributed by atoms with van der Waals surface area (Å²) in [4.78, 5) is 55.2. The number of fused-ring (bicyclic) bond motifs is 1. The number of ether oxygens (including phenoxy) is 3. The predicted molar refractivity (Wildman–Crippen MR) is 206 cm³/mol. The minimum absolute atomic E-state index is 0.0861. The van der Waals surface area contributed by atoms with Crippen LogP contribution in [0.3, 0.4) is 0 Å². The maximum absolute atomic E-state index is 13.5. The molecule has 4 heterocycles. The molecule has 0 radical (unpaired) electrons. The number of anilines is 1. The van der Waals surface area contributed by atoms with Crippen LogP contribution in [0.25, 0.3) is 10.9 Å². The predicted octanol–water partition coefficient (Wildman–Crippen LogP) is 5.19. The zero-order chi connectivity index (χ0) is 38.2. The van der Waals surface area contributed by atoms with Crippen molar-refractivity contribution in [3.63, 3.8) is 0 Å². The molecule has 13 nitrogen and oxygen atoms in total. The number of hydrogen-bond acceptors (Lipinski definition) is 9. The second kappa shape index (κ2) is 15.6. The summed E-state index contributed by atoms with van der Waals surface area (Å²) in [5.74, 6) is 0.215. The smallest absolute Gasteiger partial charge is 0.275 e. The molecular formula is C42H50N6O7. The number of carbonyl (C=O) groups is 3. The molecule has 3 amide bonds. The Hall–Kier alpha value is -5.01. The van der Waals surface area contributed by atoms with Gasteiger partial charge in [0, 0.05) is 61.9 Å². The summed E-state index contributed by atoms with van der Waals surface area (Å²) >= 11 is 0. The third-order valence-corrected chi connectivity index (χ3v) is 11.5. The fourth-order valence-electron chi connectivity index (χ4n) is 8.41. The van der Waals surface area contributed by atoms with E-state index in [0.717, 1.165) is 86.0 Å². The van der Waals surface area contributed by atoms with E-state index in [1.807, 2.05) is 50.4 Å². The maximum Gasteiger partial charge on any atom is 0.275 e. The Labute approximate surface area is 320 Å². The summed E-state index contributed by atoms with van der Waals surface area (Å²) in [6.07, 6.45) is 10.2. The number of morpholine rings is 1. The zero-order valence-electron chi connectivity index (χ0n) is 31.6. The van der Waals surface area contributed by atoms with Crippen molar-refractivity contribution < 1.29 is 28.6 Å². The molecule has 2 saturated carbocycles. The van der Waals surface area contributed by atoms with Crippen LogP contribution >= 0.6 is 0 Å². The molecule has 2 aliphatic carbocycles. The van der Waals surface area contributed by atoms with Crippen LogP contribution in [0.1, 0.15) is 93.2 Å². The van der Waals surface area contributed by atoms with E-state index >= 15 is 0 Å². The van der Waals surface area contributed by atoms with Crippen LogP contribution in [0.5, 0.6) is 11.5 Å². The standard InChI is InChI=1S/C42H50N6O7/c1-26(2)54-38-22-35-29(21-34(38)40(43)50)24-47(44-35)31-9-5-28(6-10-31)23-45-18-19-53-25-32(45)20-27-7-13-33(14-8-27)55-37-15-16-39(49)48(42(37)52)36-4-3-17-46(41(36)51)30-11-12-30/h3-4,7-8,13-14,17,21-22,24,26,28,30-32,37H,5-6,9-12,15-16,18-20,23,25H2,1-2H3,(H2,43,50)/t28?,31?,32-,37-/m0/s1. The highest BCUT2D eigenvalue weighted by Gasteiger charge is 2.39. The first-order chi connectivity index (χ1) is 26.6. The van der Waals surface area contributed by atoms with Gasteiger partial charge in [0.2, 0.25) is 5.91 Å². The molecule has 0 bridgehead atoms. The fourth-order valence-corrected chi connectivity index (χ4v) is 8.41. The Morgan fingerprint density at radius 2 is 1.75 bits per heavy atom. The van der Waals surface area contributed by atoms with Crippen LogP contribution in [0.15, 0.2) is 65.7 Å². The van der Waals surface area contributed by atoms with Gasteiger partial charge < -0.3 is 24.5 Å². The molecule has 2 N–H and O–H groups in total. The number of primary amides is 1. The molecule has 4 aromatic rings. The van der Waals surface area contributed by atoms with Crippen molar-refractivity contribution in [1.29, 1.82) is 0 Å². The monoisotopic (exact) mass is 750 g/mol. The number of nitrogens with two attached hydrogens (primary N) is 1. The summed E-state index contributed by atoms with van der Waals surface area (Å²) in [7, 11) is 0. The lowest BCUT2D eigenvalue weighted by atomic mass is 9.85. The maximum atomic E-state index is 13.5. The van der Waals surface area contributed by atoms with Gasteiger partial charge in [-0.2, -0.15) is 5.10 Å². The Bertz CT molecular complexity index is 2110. The number of hydrogen-bond donors (Lipinski definition) is 1. The summed E-state index contributed by atoms with van der Waals surface area (Å²) in [5.41, 5.74) is 7.77. The zero-order valence-corrected chi connectivity index (χ0v) is 31.6. The van der Waals surface area contributed by atoms with E-state index in [9.17, 15) is 19.2 Å². The van der Waals surface area contributed by atoms with Crippen molar-refractivity contribution in [3.05, 3.63) is 82.4 Å². The van der Waals surface area contributed by atoms with Gasteiger partial charge in [-0.3, -0.25) is 28.8 Å². The lowest BCUT2D eigenvalue weighted by molar-refractivity contribution is -0.134. The van der Waals surface area contributed by atoms with E-state index in [4.69, 9.17) is 25.0 Å². The first kappa shape index (κ1) is 36.9. The Balaban J connectivity index is 0.858. The van der Waals surface area contributed by atoms with Crippen LogP contribution < -0.4 is 25.7 Å². The van der Waals surface area contributed by atoms with E-state index in [2.05, 4.69) is 9.58 Å². The van der Waals surface area contributed by atoms with Crippen LogP contribution in [0.2, 0.25) is 0 Å². The van der Waals surface area contributed by atoms with Crippen molar-refractivity contribution >= 4 is 34.3 Å². The summed E-state index contributed by atoms with van der Waals surface area (Å²) < 4.78 is 21.6. The second-order valence-corrected chi connectivity index (χ2v) is 15.8. The second-order valence-electron chi connectivity index (χ2n) is 15.8. The molecule has 2 atom stereocenters. The lowest BCUT2D eigenvalue weighted by Gasteiger charge is -2.39. The highest BCUT2D eigenvalue weighted by molar-refractivity contribution is 6.18. The van der Waals surface area contributed by atoms with Gasteiger partial charge in [0.25, 0.3) is 17.4 Å². The summed E-state index contributed by atoms with van der Waals surface area (Å²) in [5, 5.41) is 5.77. The molecule has 2 aromatic heterocycles. The molecule has 0 spiro atoms. The molecule has 0 unspecified atom stereocenters. The third-order valence-electron chi connectivity index (χ3n) is 11.5. The van der Waals surface area contributed by atoms with Gasteiger partial charge >= 0.3 is 0 Å². The van der Waals surface area contributed by atoms with E-state index in [1.165, 1.54) is 0 Å². The van der Waals surface area contributed by atoms with Crippen LogP contribution in [0.4, 0.5) is 5.69 Å². The number of amides is 3. The number of aromatic nitrogens is 3. The minimum atomic E-state index is -0.853. The van der Waals surface area contributed by atoms with Gasteiger partial charge in [-0.1, -0.05) is 12.1 Å².